The van der Waals surface area contributed by atoms with Crippen LogP contribution in [0.15, 0.2) is 35.5 Å². The maximum Gasteiger partial charge on any atom is 0.204 e. The number of rotatable bonds is 7. The molecule has 1 heterocycles. The summed E-state index contributed by atoms with van der Waals surface area (Å²) < 4.78 is 5.44. The normalized spacial score (nSPS) is 10.2. The van der Waals surface area contributed by atoms with Crippen molar-refractivity contribution in [2.45, 2.75) is 18.2 Å². The fraction of sp³-hybridized carbons (Fsp3) is 0.333. The van der Waals surface area contributed by atoms with Gasteiger partial charge in [-0.25, -0.2) is 9.97 Å². The van der Waals surface area contributed by atoms with Crippen molar-refractivity contribution in [2.75, 3.05) is 30.5 Å². The molecule has 2 N–H and O–H groups in total. The van der Waals surface area contributed by atoms with Crippen LogP contribution in [-0.4, -0.2) is 29.9 Å². The molecule has 0 atom stereocenters. The van der Waals surface area contributed by atoms with Gasteiger partial charge in [-0.05, 0) is 36.9 Å². The summed E-state index contributed by atoms with van der Waals surface area (Å²) in [4.78, 5) is 9.71. The van der Waals surface area contributed by atoms with Gasteiger partial charge in [0.2, 0.25) is 5.75 Å². The number of hydrogen-bond acceptors (Lipinski definition) is 6. The van der Waals surface area contributed by atoms with Crippen molar-refractivity contribution in [1.82, 2.24) is 9.97 Å². The van der Waals surface area contributed by atoms with E-state index in [0.29, 0.717) is 17.4 Å². The summed E-state index contributed by atoms with van der Waals surface area (Å²) in [5, 5.41) is 6.51. The largest absolute Gasteiger partial charge is 0.490 e. The number of nitrogens with zero attached hydrogens (tertiary/aromatic N) is 2. The van der Waals surface area contributed by atoms with Crippen LogP contribution in [0.2, 0.25) is 0 Å². The molecule has 0 radical (unpaired) electrons. The topological polar surface area (TPSA) is 59.1 Å². The molecular weight excluding hydrogens is 284 g/mol. The minimum absolute atomic E-state index is 0.625. The van der Waals surface area contributed by atoms with Crippen LogP contribution in [0.5, 0.6) is 5.75 Å². The molecule has 0 bridgehead atoms. The van der Waals surface area contributed by atoms with E-state index in [-0.39, 0.29) is 0 Å². The fourth-order valence-electron chi connectivity index (χ4n) is 1.84. The summed E-state index contributed by atoms with van der Waals surface area (Å²) >= 11 is 1.71. The number of thioether (sulfide) groups is 1. The van der Waals surface area contributed by atoms with Crippen LogP contribution < -0.4 is 15.4 Å². The lowest BCUT2D eigenvalue weighted by Gasteiger charge is -2.14. The summed E-state index contributed by atoms with van der Waals surface area (Å²) in [5.74, 6) is 1.99. The molecule has 2 rings (SSSR count). The monoisotopic (exact) mass is 304 g/mol. The van der Waals surface area contributed by atoms with Gasteiger partial charge in [0.25, 0.3) is 0 Å². The van der Waals surface area contributed by atoms with Crippen molar-refractivity contribution in [2.24, 2.45) is 0 Å². The second-order valence-corrected chi connectivity index (χ2v) is 5.26. The van der Waals surface area contributed by atoms with Gasteiger partial charge in [-0.3, -0.25) is 0 Å². The Kier molecular flexibility index (Phi) is 5.68. The van der Waals surface area contributed by atoms with Crippen LogP contribution in [0.4, 0.5) is 17.3 Å². The van der Waals surface area contributed by atoms with Crippen molar-refractivity contribution >= 4 is 29.1 Å². The molecule has 1 aromatic heterocycles. The van der Waals surface area contributed by atoms with E-state index in [1.165, 1.54) is 11.2 Å². The average molecular weight is 304 g/mol. The molecule has 0 saturated carbocycles. The zero-order valence-electron chi connectivity index (χ0n) is 12.5. The van der Waals surface area contributed by atoms with Gasteiger partial charge >= 0.3 is 0 Å². The third kappa shape index (κ3) is 4.01. The van der Waals surface area contributed by atoms with E-state index in [9.17, 15) is 0 Å². The van der Waals surface area contributed by atoms with Gasteiger partial charge in [0.05, 0.1) is 7.11 Å². The van der Waals surface area contributed by atoms with Gasteiger partial charge in [0.15, 0.2) is 11.6 Å². The van der Waals surface area contributed by atoms with Crippen LogP contribution in [-0.2, 0) is 0 Å². The van der Waals surface area contributed by atoms with Gasteiger partial charge in [-0.2, -0.15) is 0 Å². The maximum absolute atomic E-state index is 5.44. The molecule has 112 valence electrons. The lowest BCUT2D eigenvalue weighted by Crippen LogP contribution is -2.07. The molecule has 0 amide bonds. The molecule has 0 aliphatic carbocycles. The highest BCUT2D eigenvalue weighted by Gasteiger charge is 2.11. The Labute approximate surface area is 129 Å². The molecular formula is C15H20N4OS. The first-order valence-corrected chi connectivity index (χ1v) is 8.05. The lowest BCUT2D eigenvalue weighted by molar-refractivity contribution is 0.415. The Balaban J connectivity index is 2.21. The van der Waals surface area contributed by atoms with Gasteiger partial charge < -0.3 is 15.4 Å². The molecule has 5 nitrogen and oxygen atoms in total. The van der Waals surface area contributed by atoms with Gasteiger partial charge in [0.1, 0.15) is 6.33 Å². The summed E-state index contributed by atoms with van der Waals surface area (Å²) in [7, 11) is 1.62. The molecule has 21 heavy (non-hydrogen) atoms. The molecule has 0 unspecified atom stereocenters. The first-order valence-electron chi connectivity index (χ1n) is 6.82. The summed E-state index contributed by atoms with van der Waals surface area (Å²) in [5.41, 5.74) is 0.964. The Morgan fingerprint density at radius 3 is 2.48 bits per heavy atom. The summed E-state index contributed by atoms with van der Waals surface area (Å²) in [6.07, 6.45) is 4.60. The van der Waals surface area contributed by atoms with E-state index in [1.807, 2.05) is 12.1 Å². The quantitative estimate of drug-likeness (QED) is 0.759. The minimum atomic E-state index is 0.625. The average Bonchev–Trinajstić information content (AvgIpc) is 2.53. The first kappa shape index (κ1) is 15.4. The van der Waals surface area contributed by atoms with Crippen LogP contribution in [0.3, 0.4) is 0 Å². The van der Waals surface area contributed by atoms with Crippen molar-refractivity contribution in [3.05, 3.63) is 30.6 Å². The molecule has 1 aromatic carbocycles. The van der Waals surface area contributed by atoms with Crippen molar-refractivity contribution in [3.8, 4) is 5.75 Å². The molecule has 0 aliphatic heterocycles. The van der Waals surface area contributed by atoms with Gasteiger partial charge in [-0.1, -0.05) is 6.92 Å². The van der Waals surface area contributed by atoms with Crippen molar-refractivity contribution in [3.63, 3.8) is 0 Å². The zero-order valence-corrected chi connectivity index (χ0v) is 13.3. The third-order valence-corrected chi connectivity index (χ3v) is 3.65. The Morgan fingerprint density at radius 2 is 1.86 bits per heavy atom. The van der Waals surface area contributed by atoms with Crippen LogP contribution >= 0.6 is 11.8 Å². The van der Waals surface area contributed by atoms with Crippen molar-refractivity contribution < 1.29 is 4.74 Å². The molecule has 0 saturated heterocycles. The summed E-state index contributed by atoms with van der Waals surface area (Å²) in [6, 6.07) is 8.17. The van der Waals surface area contributed by atoms with E-state index in [0.717, 1.165) is 18.7 Å². The van der Waals surface area contributed by atoms with E-state index < -0.39 is 0 Å². The highest BCUT2D eigenvalue weighted by Crippen LogP contribution is 2.31. The number of benzene rings is 1. The van der Waals surface area contributed by atoms with Crippen LogP contribution in [0, 0.1) is 0 Å². The van der Waals surface area contributed by atoms with Crippen LogP contribution in [0.25, 0.3) is 0 Å². The molecule has 0 fully saturated rings. The zero-order chi connectivity index (χ0) is 15.1. The van der Waals surface area contributed by atoms with E-state index >= 15 is 0 Å². The molecule has 0 spiro atoms. The van der Waals surface area contributed by atoms with Gasteiger partial charge in [0, 0.05) is 17.1 Å². The van der Waals surface area contributed by atoms with Crippen LogP contribution in [0.1, 0.15) is 13.3 Å². The van der Waals surface area contributed by atoms with E-state index in [4.69, 9.17) is 4.74 Å². The smallest absolute Gasteiger partial charge is 0.204 e. The van der Waals surface area contributed by atoms with E-state index in [2.05, 4.69) is 45.9 Å². The number of anilines is 3. The van der Waals surface area contributed by atoms with Crippen molar-refractivity contribution in [1.29, 1.82) is 0 Å². The minimum Gasteiger partial charge on any atom is -0.490 e. The molecule has 6 heteroatoms. The Morgan fingerprint density at radius 1 is 1.14 bits per heavy atom. The maximum atomic E-state index is 5.44. The second-order valence-electron chi connectivity index (χ2n) is 4.38. The Hall–Kier alpha value is -1.95. The predicted molar refractivity (Wildman–Crippen MR) is 88.9 cm³/mol. The SMILES string of the molecule is CCCNc1ncnc(Nc2ccc(SC)cc2)c1OC. The molecule has 0 aliphatic rings. The number of methoxy groups -OCH3 is 1. The first-order chi connectivity index (χ1) is 10.3. The number of nitrogens with one attached hydrogen (secondary N) is 2. The standard InChI is InChI=1S/C15H20N4OS/c1-4-9-16-14-13(20-2)15(18-10-17-14)19-11-5-7-12(21-3)8-6-11/h5-8,10H,4,9H2,1-3H3,(H2,16,17,18,19). The van der Waals surface area contributed by atoms with Gasteiger partial charge in [-0.15, -0.1) is 11.8 Å². The number of ether oxygens (including phenoxy) is 1. The molecule has 2 aromatic rings. The number of hydrogen-bond donors (Lipinski definition) is 2. The second kappa shape index (κ2) is 7.73. The number of aromatic nitrogens is 2. The fourth-order valence-corrected chi connectivity index (χ4v) is 2.24. The summed E-state index contributed by atoms with van der Waals surface area (Å²) in [6.45, 7) is 2.95. The predicted octanol–water partition coefficient (Wildman–Crippen LogP) is 3.77. The Bertz CT molecular complexity index is 574. The third-order valence-electron chi connectivity index (χ3n) is 2.90. The van der Waals surface area contributed by atoms with E-state index in [1.54, 1.807) is 18.9 Å². The lowest BCUT2D eigenvalue weighted by atomic mass is 10.3. The highest BCUT2D eigenvalue weighted by atomic mass is 32.2. The highest BCUT2D eigenvalue weighted by molar-refractivity contribution is 7.98.